The molecule has 0 saturated carbocycles. The number of allylic oxidation sites excluding steroid dienone is 2. The van der Waals surface area contributed by atoms with Crippen molar-refractivity contribution in [1.29, 1.82) is 0 Å². The van der Waals surface area contributed by atoms with E-state index in [1.165, 1.54) is 0 Å². The second-order valence-electron chi connectivity index (χ2n) is 1.08. The summed E-state index contributed by atoms with van der Waals surface area (Å²) in [6, 6.07) is 0. The molecule has 35 valence electrons. The Bertz CT molecular complexity index is 51.0. The molecule has 0 bridgehead atoms. The molecule has 0 aromatic heterocycles. The summed E-state index contributed by atoms with van der Waals surface area (Å²) in [5.41, 5.74) is 0. The van der Waals surface area contributed by atoms with E-state index < -0.39 is 0 Å². The van der Waals surface area contributed by atoms with E-state index in [4.69, 9.17) is 11.6 Å². The van der Waals surface area contributed by atoms with Crippen molar-refractivity contribution in [2.75, 3.05) is 0 Å². The summed E-state index contributed by atoms with van der Waals surface area (Å²) in [7, 11) is 0. The van der Waals surface area contributed by atoms with Gasteiger partial charge >= 0.3 is 0 Å². The molecule has 0 fully saturated rings. The Hall–Kier alpha value is 0.0300. The fraction of sp³-hybridized carbons (Fsp3) is 0.400. The molecule has 0 aromatic rings. The van der Waals surface area contributed by atoms with Crippen LogP contribution in [-0.4, -0.2) is 0 Å². The summed E-state index contributed by atoms with van der Waals surface area (Å²) in [6.45, 7) is 5.41. The van der Waals surface area contributed by atoms with Gasteiger partial charge in [-0.15, -0.1) is 0 Å². The fourth-order valence-corrected chi connectivity index (χ4v) is 0.308. The maximum absolute atomic E-state index is 5.40. The maximum Gasteiger partial charge on any atom is 0.0110 e. The van der Waals surface area contributed by atoms with Crippen molar-refractivity contribution in [1.82, 2.24) is 0 Å². The minimum absolute atomic E-state index is 0.787. The molecule has 0 aliphatic rings. The maximum atomic E-state index is 5.40. The van der Waals surface area contributed by atoms with Gasteiger partial charge in [0.25, 0.3) is 0 Å². The first kappa shape index (κ1) is 6.03. The van der Waals surface area contributed by atoms with Crippen LogP contribution in [0.25, 0.3) is 0 Å². The van der Waals surface area contributed by atoms with Crippen LogP contribution in [0.2, 0.25) is 0 Å². The normalized spacial score (nSPS) is 12.2. The monoisotopic (exact) mass is 103 g/mol. The smallest absolute Gasteiger partial charge is 0.0110 e. The zero-order chi connectivity index (χ0) is 4.99. The van der Waals surface area contributed by atoms with E-state index in [0.29, 0.717) is 0 Å². The van der Waals surface area contributed by atoms with Crippen LogP contribution in [0.15, 0.2) is 11.1 Å². The minimum Gasteiger partial charge on any atom is -0.0898 e. The topological polar surface area (TPSA) is 0 Å². The van der Waals surface area contributed by atoms with E-state index in [2.05, 4.69) is 6.92 Å². The second-order valence-corrected chi connectivity index (χ2v) is 1.68. The SMILES string of the molecule is [CH2]CC=C(C)Cl. The highest BCUT2D eigenvalue weighted by Gasteiger charge is 1.70. The summed E-state index contributed by atoms with van der Waals surface area (Å²) in [6.07, 6.45) is 2.65. The lowest BCUT2D eigenvalue weighted by molar-refractivity contribution is 1.37. The van der Waals surface area contributed by atoms with E-state index in [1.807, 2.05) is 13.0 Å². The Kier molecular flexibility index (Phi) is 3.24. The van der Waals surface area contributed by atoms with Crippen LogP contribution < -0.4 is 0 Å². The molecule has 0 aromatic carbocycles. The molecule has 0 unspecified atom stereocenters. The lowest BCUT2D eigenvalue weighted by Gasteiger charge is -1.77. The van der Waals surface area contributed by atoms with Crippen molar-refractivity contribution < 1.29 is 0 Å². The number of rotatable bonds is 1. The van der Waals surface area contributed by atoms with E-state index in [-0.39, 0.29) is 0 Å². The summed E-state index contributed by atoms with van der Waals surface area (Å²) >= 11 is 5.40. The Morgan fingerprint density at radius 1 is 2.00 bits per heavy atom. The van der Waals surface area contributed by atoms with Crippen LogP contribution in [0.3, 0.4) is 0 Å². The highest BCUT2D eigenvalue weighted by atomic mass is 35.5. The van der Waals surface area contributed by atoms with Crippen LogP contribution >= 0.6 is 11.6 Å². The van der Waals surface area contributed by atoms with Gasteiger partial charge in [-0.05, 0) is 20.3 Å². The van der Waals surface area contributed by atoms with E-state index >= 15 is 0 Å². The van der Waals surface area contributed by atoms with Crippen molar-refractivity contribution in [3.63, 3.8) is 0 Å². The van der Waals surface area contributed by atoms with Gasteiger partial charge in [0.2, 0.25) is 0 Å². The Balaban J connectivity index is 3.14. The van der Waals surface area contributed by atoms with Crippen molar-refractivity contribution in [3.05, 3.63) is 18.0 Å². The molecule has 0 amide bonds. The molecule has 0 aliphatic heterocycles. The van der Waals surface area contributed by atoms with E-state index in [1.54, 1.807) is 0 Å². The summed E-state index contributed by atoms with van der Waals surface area (Å²) in [4.78, 5) is 0. The molecule has 0 nitrogen and oxygen atoms in total. The summed E-state index contributed by atoms with van der Waals surface area (Å²) in [5.74, 6) is 0. The zero-order valence-corrected chi connectivity index (χ0v) is 4.63. The molecule has 1 radical (unpaired) electrons. The molecule has 0 N–H and O–H groups in total. The standard InChI is InChI=1S/C5H8Cl/c1-3-4-5(2)6/h4H,1,3H2,2H3. The van der Waals surface area contributed by atoms with Crippen LogP contribution in [0.5, 0.6) is 0 Å². The van der Waals surface area contributed by atoms with Crippen LogP contribution in [-0.2, 0) is 0 Å². The molecule has 1 heteroatoms. The first-order valence-corrected chi connectivity index (χ1v) is 2.26. The lowest BCUT2D eigenvalue weighted by atomic mass is 10.4. The fourth-order valence-electron chi connectivity index (χ4n) is 0.199. The molecule has 0 spiro atoms. The molecule has 0 saturated heterocycles. The third-order valence-corrected chi connectivity index (χ3v) is 0.580. The molecule has 0 heterocycles. The van der Waals surface area contributed by atoms with Gasteiger partial charge in [0.15, 0.2) is 0 Å². The zero-order valence-electron chi connectivity index (χ0n) is 3.87. The molecular formula is C5H8Cl. The average molecular weight is 104 g/mol. The van der Waals surface area contributed by atoms with Gasteiger partial charge in [-0.1, -0.05) is 17.7 Å². The Labute approximate surface area is 43.8 Å². The van der Waals surface area contributed by atoms with E-state index in [0.717, 1.165) is 11.5 Å². The first-order valence-electron chi connectivity index (χ1n) is 1.89. The number of halogens is 1. The number of hydrogen-bond donors (Lipinski definition) is 0. The van der Waals surface area contributed by atoms with Crippen LogP contribution in [0.4, 0.5) is 0 Å². The van der Waals surface area contributed by atoms with Crippen molar-refractivity contribution in [2.45, 2.75) is 13.3 Å². The van der Waals surface area contributed by atoms with Gasteiger partial charge < -0.3 is 0 Å². The summed E-state index contributed by atoms with van der Waals surface area (Å²) in [5, 5.41) is 0.824. The van der Waals surface area contributed by atoms with Gasteiger partial charge in [-0.25, -0.2) is 0 Å². The van der Waals surface area contributed by atoms with Crippen LogP contribution in [0.1, 0.15) is 13.3 Å². The van der Waals surface area contributed by atoms with Crippen molar-refractivity contribution in [3.8, 4) is 0 Å². The highest BCUT2D eigenvalue weighted by molar-refractivity contribution is 6.29. The third-order valence-electron chi connectivity index (χ3n) is 0.426. The predicted molar refractivity (Wildman–Crippen MR) is 29.6 cm³/mol. The molecule has 0 aliphatic carbocycles. The third kappa shape index (κ3) is 4.03. The van der Waals surface area contributed by atoms with Gasteiger partial charge in [0, 0.05) is 5.03 Å². The Morgan fingerprint density at radius 2 is 2.50 bits per heavy atom. The minimum atomic E-state index is 0.787. The quantitative estimate of drug-likeness (QED) is 0.478. The molecular weight excluding hydrogens is 95.5 g/mol. The molecule has 0 rings (SSSR count). The van der Waals surface area contributed by atoms with Gasteiger partial charge in [0.1, 0.15) is 0 Å². The second kappa shape index (κ2) is 3.23. The van der Waals surface area contributed by atoms with Crippen LogP contribution in [0, 0.1) is 6.92 Å². The predicted octanol–water partition coefficient (Wildman–Crippen LogP) is 2.35. The van der Waals surface area contributed by atoms with Gasteiger partial charge in [-0.2, -0.15) is 0 Å². The summed E-state index contributed by atoms with van der Waals surface area (Å²) < 4.78 is 0. The number of hydrogen-bond acceptors (Lipinski definition) is 0. The highest BCUT2D eigenvalue weighted by Crippen LogP contribution is 1.97. The van der Waals surface area contributed by atoms with Gasteiger partial charge in [-0.3, -0.25) is 0 Å². The average Bonchev–Trinajstić information content (AvgIpc) is 1.35. The van der Waals surface area contributed by atoms with E-state index in [9.17, 15) is 0 Å². The molecule has 0 atom stereocenters. The van der Waals surface area contributed by atoms with Crippen molar-refractivity contribution >= 4 is 11.6 Å². The first-order chi connectivity index (χ1) is 2.77. The van der Waals surface area contributed by atoms with Gasteiger partial charge in [0.05, 0.1) is 0 Å². The van der Waals surface area contributed by atoms with Crippen molar-refractivity contribution in [2.24, 2.45) is 0 Å². The lowest BCUT2D eigenvalue weighted by Crippen LogP contribution is -1.54. The Morgan fingerprint density at radius 3 is 2.50 bits per heavy atom. The largest absolute Gasteiger partial charge is 0.0898 e. The molecule has 6 heavy (non-hydrogen) atoms.